The maximum atomic E-state index is 10.7. The van der Waals surface area contributed by atoms with Crippen molar-refractivity contribution in [3.05, 3.63) is 64.5 Å². The third kappa shape index (κ3) is 6.85. The highest BCUT2D eigenvalue weighted by Crippen LogP contribution is 2.18. The number of hydrogen-bond donors (Lipinski definition) is 1. The fourth-order valence-corrected chi connectivity index (χ4v) is 2.59. The van der Waals surface area contributed by atoms with Gasteiger partial charge in [-0.1, -0.05) is 0 Å². The van der Waals surface area contributed by atoms with Gasteiger partial charge in [0.25, 0.3) is 5.69 Å². The van der Waals surface area contributed by atoms with Crippen LogP contribution >= 0.6 is 0 Å². The zero-order valence-corrected chi connectivity index (χ0v) is 15.6. The summed E-state index contributed by atoms with van der Waals surface area (Å²) in [4.78, 5) is 10.3. The lowest BCUT2D eigenvalue weighted by Crippen LogP contribution is -2.38. The van der Waals surface area contributed by atoms with Crippen molar-refractivity contribution in [1.82, 2.24) is 0 Å². The predicted molar refractivity (Wildman–Crippen MR) is 102 cm³/mol. The molecule has 9 nitrogen and oxygen atoms in total. The van der Waals surface area contributed by atoms with E-state index >= 15 is 0 Å². The third-order valence-electron chi connectivity index (χ3n) is 3.75. The van der Waals surface area contributed by atoms with Gasteiger partial charge < -0.3 is 0 Å². The summed E-state index contributed by atoms with van der Waals surface area (Å²) in [6.07, 6.45) is 5.08. The highest BCUT2D eigenvalue weighted by molar-refractivity contribution is 7.74. The van der Waals surface area contributed by atoms with Crippen LogP contribution in [0.5, 0.6) is 0 Å². The van der Waals surface area contributed by atoms with Crippen molar-refractivity contribution in [2.45, 2.75) is 19.4 Å². The lowest BCUT2D eigenvalue weighted by atomic mass is 10.3. The van der Waals surface area contributed by atoms with E-state index in [0.29, 0.717) is 13.0 Å². The molecule has 27 heavy (non-hydrogen) atoms. The summed E-state index contributed by atoms with van der Waals surface area (Å²) in [5.74, 6) is 0. The molecule has 1 N–H and O–H groups in total. The smallest absolute Gasteiger partial charge is 0.284 e. The van der Waals surface area contributed by atoms with Crippen molar-refractivity contribution in [2.75, 3.05) is 18.7 Å². The normalized spacial score (nSPS) is 12.2. The average molecular weight is 393 g/mol. The summed E-state index contributed by atoms with van der Waals surface area (Å²) in [5, 5.41) is 16.7. The van der Waals surface area contributed by atoms with Crippen molar-refractivity contribution < 1.29 is 22.4 Å². The first-order valence-corrected chi connectivity index (χ1v) is 9.25. The molecule has 1 unspecified atom stereocenters. The summed E-state index contributed by atoms with van der Waals surface area (Å²) in [5.41, 5.74) is 1.65. The number of nitro groups is 1. The summed E-state index contributed by atoms with van der Waals surface area (Å²) in [6.45, 7) is 0.938. The first-order valence-electron chi connectivity index (χ1n) is 8.22. The van der Waals surface area contributed by atoms with Gasteiger partial charge >= 0.3 is 11.4 Å². The number of benzene rings is 1. The number of nitro benzene ring substituents is 1. The van der Waals surface area contributed by atoms with Crippen LogP contribution in [0.1, 0.15) is 18.5 Å². The fourth-order valence-electron chi connectivity index (χ4n) is 2.33. The number of rotatable bonds is 10. The molecule has 0 radical (unpaired) electrons. The first kappa shape index (κ1) is 20.6. The molecule has 0 bridgehead atoms. The molecule has 0 aliphatic rings. The van der Waals surface area contributed by atoms with E-state index in [9.17, 15) is 14.3 Å². The summed E-state index contributed by atoms with van der Waals surface area (Å²) in [6, 6.07) is 11.9. The number of hydrazone groups is 1. The average Bonchev–Trinajstić information content (AvgIpc) is 2.66. The van der Waals surface area contributed by atoms with Crippen molar-refractivity contribution in [3.8, 4) is 0 Å². The molecule has 1 aromatic carbocycles. The molecule has 10 heteroatoms. The van der Waals surface area contributed by atoms with E-state index < -0.39 is 16.3 Å². The molecule has 0 aliphatic carbocycles. The highest BCUT2D eigenvalue weighted by Gasteiger charge is 2.09. The van der Waals surface area contributed by atoms with Gasteiger partial charge in [-0.05, 0) is 24.6 Å². The number of anilines is 1. The predicted octanol–water partition coefficient (Wildman–Crippen LogP) is 2.29. The number of unbranched alkanes of at least 4 members (excludes halogenated alkanes) is 1. The van der Waals surface area contributed by atoms with Crippen LogP contribution in [0.4, 0.5) is 11.4 Å². The van der Waals surface area contributed by atoms with Gasteiger partial charge in [0.05, 0.1) is 17.2 Å². The molecule has 1 atom stereocenters. The second kappa shape index (κ2) is 10.5. The molecule has 1 aromatic heterocycles. The van der Waals surface area contributed by atoms with Gasteiger partial charge in [-0.2, -0.15) is 13.9 Å². The van der Waals surface area contributed by atoms with Crippen molar-refractivity contribution >= 4 is 29.0 Å². The van der Waals surface area contributed by atoms with Gasteiger partial charge in [-0.3, -0.25) is 23.9 Å². The number of aryl methyl sites for hydroxylation is 1. The van der Waals surface area contributed by atoms with Crippen molar-refractivity contribution in [3.63, 3.8) is 0 Å². The number of nitrogens with zero attached hydrogens (tertiary/aromatic N) is 4. The van der Waals surface area contributed by atoms with E-state index in [1.54, 1.807) is 30.4 Å². The number of pyridine rings is 1. The maximum Gasteiger partial charge on any atom is 0.301 e. The lowest BCUT2D eigenvalue weighted by Gasteiger charge is -2.11. The van der Waals surface area contributed by atoms with Gasteiger partial charge in [0.15, 0.2) is 6.20 Å². The van der Waals surface area contributed by atoms with Gasteiger partial charge in [0, 0.05) is 37.7 Å². The van der Waals surface area contributed by atoms with Crippen LogP contribution in [0.25, 0.3) is 0 Å². The van der Waals surface area contributed by atoms with E-state index in [4.69, 9.17) is 4.55 Å². The number of hydrogen-bond acceptors (Lipinski definition) is 6. The molecule has 0 saturated carbocycles. The highest BCUT2D eigenvalue weighted by atomic mass is 32.2. The van der Waals surface area contributed by atoms with E-state index in [1.807, 2.05) is 29.0 Å². The Hall–Kier alpha value is -2.69. The van der Waals surface area contributed by atoms with Gasteiger partial charge in [-0.25, -0.2) is 0 Å². The molecule has 2 rings (SSSR count). The second-order valence-electron chi connectivity index (χ2n) is 5.61. The zero-order chi connectivity index (χ0) is 19.6. The molecule has 0 spiro atoms. The Morgan fingerprint density at radius 3 is 2.70 bits per heavy atom. The lowest BCUT2D eigenvalue weighted by molar-refractivity contribution is -0.698. The largest absolute Gasteiger partial charge is 0.301 e. The molecule has 0 fully saturated rings. The van der Waals surface area contributed by atoms with Gasteiger partial charge in [-0.15, -0.1) is 0 Å². The van der Waals surface area contributed by atoms with E-state index in [2.05, 4.69) is 9.28 Å². The van der Waals surface area contributed by atoms with E-state index in [0.717, 1.165) is 17.8 Å². The Morgan fingerprint density at radius 2 is 2.04 bits per heavy atom. The molecular weight excluding hydrogens is 372 g/mol. The quantitative estimate of drug-likeness (QED) is 0.166. The molecule has 0 aliphatic heterocycles. The maximum absolute atomic E-state index is 10.7. The topological polar surface area (TPSA) is 109 Å². The Bertz CT molecular complexity index is 813. The van der Waals surface area contributed by atoms with E-state index in [1.165, 1.54) is 12.1 Å². The van der Waals surface area contributed by atoms with Crippen LogP contribution in [-0.4, -0.2) is 33.6 Å². The Morgan fingerprint density at radius 1 is 1.30 bits per heavy atom. The van der Waals surface area contributed by atoms with Crippen LogP contribution in [0, 0.1) is 10.1 Å². The SMILES string of the molecule is CN(N=Cc1cccc[n+]1CCCCOS(=O)O)c1ccc([N+](=O)[O-])cc1. The van der Waals surface area contributed by atoms with Crippen molar-refractivity contribution in [1.29, 1.82) is 0 Å². The number of aromatic nitrogens is 1. The van der Waals surface area contributed by atoms with Gasteiger partial charge in [0.1, 0.15) is 12.8 Å². The molecule has 2 aromatic rings. The van der Waals surface area contributed by atoms with Crippen LogP contribution in [0.2, 0.25) is 0 Å². The van der Waals surface area contributed by atoms with Crippen molar-refractivity contribution in [2.24, 2.45) is 5.10 Å². The third-order valence-corrected chi connectivity index (χ3v) is 4.12. The monoisotopic (exact) mass is 393 g/mol. The van der Waals surface area contributed by atoms with Gasteiger partial charge in [0.2, 0.25) is 5.69 Å². The molecule has 0 saturated heterocycles. The minimum atomic E-state index is -2.22. The van der Waals surface area contributed by atoms with Crippen LogP contribution in [0.3, 0.4) is 0 Å². The fraction of sp³-hybridized carbons (Fsp3) is 0.294. The summed E-state index contributed by atoms with van der Waals surface area (Å²) >= 11 is -2.22. The summed E-state index contributed by atoms with van der Waals surface area (Å²) in [7, 11) is 1.76. The standard InChI is InChI=1S/C17H20N4O5S/c1-19(15-7-9-16(10-8-15)21(22)23)18-14-17-6-2-3-11-20(17)12-4-5-13-26-27(24)25/h2-3,6-11,14H,4-5,12-13H2,1H3/p+1. The zero-order valence-electron chi connectivity index (χ0n) is 14.8. The Labute approximate surface area is 159 Å². The minimum absolute atomic E-state index is 0.0334. The minimum Gasteiger partial charge on any atom is -0.284 e. The summed E-state index contributed by atoms with van der Waals surface area (Å²) < 4.78 is 25.6. The molecule has 0 amide bonds. The first-order chi connectivity index (χ1) is 13.0. The molecular formula is C17H21N4O5S+. The Kier molecular flexibility index (Phi) is 7.99. The van der Waals surface area contributed by atoms with Crippen LogP contribution in [0.15, 0.2) is 53.8 Å². The van der Waals surface area contributed by atoms with Crippen LogP contribution < -0.4 is 9.58 Å². The second-order valence-corrected chi connectivity index (χ2v) is 6.28. The Balaban J connectivity index is 1.97. The number of non-ortho nitro benzene ring substituents is 1. The van der Waals surface area contributed by atoms with Crippen LogP contribution in [-0.2, 0) is 22.1 Å². The molecule has 1 heterocycles. The van der Waals surface area contributed by atoms with E-state index in [-0.39, 0.29) is 12.3 Å². The molecule has 144 valence electrons.